The van der Waals surface area contributed by atoms with E-state index in [1.165, 1.54) is 30.4 Å². The topological polar surface area (TPSA) is 39.2 Å². The number of hydrogen-bond acceptors (Lipinski definition) is 4. The molecule has 0 radical (unpaired) electrons. The molecule has 0 aliphatic carbocycles. The summed E-state index contributed by atoms with van der Waals surface area (Å²) in [5.41, 5.74) is 0.774. The Balaban J connectivity index is 2.34. The van der Waals surface area contributed by atoms with E-state index in [0.717, 1.165) is 5.56 Å². The van der Waals surface area contributed by atoms with Crippen molar-refractivity contribution in [1.82, 2.24) is 4.98 Å². The van der Waals surface area contributed by atoms with Gasteiger partial charge in [-0.25, -0.2) is 9.37 Å². The van der Waals surface area contributed by atoms with Gasteiger partial charge in [0.2, 0.25) is 5.88 Å². The molecule has 1 heterocycles. The first-order valence-electron chi connectivity index (χ1n) is 4.67. The Hall–Kier alpha value is -1.27. The molecule has 6 heteroatoms. The Morgan fingerprint density at radius 1 is 1.41 bits per heavy atom. The predicted octanol–water partition coefficient (Wildman–Crippen LogP) is 3.64. The fourth-order valence-electron chi connectivity index (χ4n) is 1.20. The van der Waals surface area contributed by atoms with Gasteiger partial charge in [-0.1, -0.05) is 0 Å². The lowest BCUT2D eigenvalue weighted by atomic mass is 10.2. The van der Waals surface area contributed by atoms with E-state index >= 15 is 0 Å². The van der Waals surface area contributed by atoms with Crippen LogP contribution >= 0.6 is 27.3 Å². The molecule has 0 unspecified atom stereocenters. The lowest BCUT2D eigenvalue weighted by molar-refractivity contribution is -0.132. The maximum atomic E-state index is 12.8. The minimum absolute atomic E-state index is 0.238. The van der Waals surface area contributed by atoms with Crippen LogP contribution in [0.4, 0.5) is 4.39 Å². The van der Waals surface area contributed by atoms with Crippen molar-refractivity contribution < 1.29 is 13.9 Å². The van der Waals surface area contributed by atoms with Crippen LogP contribution in [-0.4, -0.2) is 11.0 Å². The summed E-state index contributed by atoms with van der Waals surface area (Å²) in [5, 5.41) is 0.660. The van der Waals surface area contributed by atoms with Gasteiger partial charge in [0.05, 0.1) is 0 Å². The number of hydrogen-bond donors (Lipinski definition) is 0. The Kier molecular flexibility index (Phi) is 3.54. The second-order valence-electron chi connectivity index (χ2n) is 3.20. The summed E-state index contributed by atoms with van der Waals surface area (Å²) >= 11 is 4.58. The van der Waals surface area contributed by atoms with Gasteiger partial charge in [0.1, 0.15) is 14.6 Å². The van der Waals surface area contributed by atoms with Gasteiger partial charge in [0.25, 0.3) is 0 Å². The first-order chi connectivity index (χ1) is 8.06. The van der Waals surface area contributed by atoms with Crippen LogP contribution < -0.4 is 4.74 Å². The van der Waals surface area contributed by atoms with Crippen LogP contribution in [0, 0.1) is 5.82 Å². The maximum Gasteiger partial charge on any atom is 0.309 e. The Bertz CT molecular complexity index is 553. The van der Waals surface area contributed by atoms with Crippen molar-refractivity contribution >= 4 is 33.2 Å². The van der Waals surface area contributed by atoms with Gasteiger partial charge in [0.15, 0.2) is 0 Å². The highest BCUT2D eigenvalue weighted by atomic mass is 79.9. The SMILES string of the molecule is CC(=O)Oc1nc(-c2ccc(F)cc2)sc1Br. The third-order valence-electron chi connectivity index (χ3n) is 1.89. The normalized spacial score (nSPS) is 10.3. The van der Waals surface area contributed by atoms with Crippen LogP contribution in [0.15, 0.2) is 28.1 Å². The third kappa shape index (κ3) is 2.89. The predicted molar refractivity (Wildman–Crippen MR) is 66.5 cm³/mol. The van der Waals surface area contributed by atoms with E-state index in [2.05, 4.69) is 20.9 Å². The smallest absolute Gasteiger partial charge is 0.309 e. The van der Waals surface area contributed by atoms with Gasteiger partial charge >= 0.3 is 5.97 Å². The van der Waals surface area contributed by atoms with Crippen molar-refractivity contribution in [2.45, 2.75) is 6.92 Å². The highest BCUT2D eigenvalue weighted by Gasteiger charge is 2.13. The van der Waals surface area contributed by atoms with Crippen LogP contribution in [0.1, 0.15) is 6.92 Å². The van der Waals surface area contributed by atoms with Crippen LogP contribution in [0.5, 0.6) is 5.88 Å². The molecule has 88 valence electrons. The molecule has 0 spiro atoms. The van der Waals surface area contributed by atoms with E-state index in [1.54, 1.807) is 12.1 Å². The quantitative estimate of drug-likeness (QED) is 0.794. The number of halogens is 2. The molecule has 1 aromatic carbocycles. The minimum Gasteiger partial charge on any atom is -0.405 e. The first-order valence-corrected chi connectivity index (χ1v) is 6.28. The van der Waals surface area contributed by atoms with Crippen LogP contribution in [0.2, 0.25) is 0 Å². The summed E-state index contributed by atoms with van der Waals surface area (Å²) < 4.78 is 18.3. The number of benzene rings is 1. The van der Waals surface area contributed by atoms with Gasteiger partial charge in [-0.3, -0.25) is 4.79 Å². The Morgan fingerprint density at radius 2 is 2.06 bits per heavy atom. The number of thiazole rings is 1. The minimum atomic E-state index is -0.429. The highest BCUT2D eigenvalue weighted by Crippen LogP contribution is 2.36. The van der Waals surface area contributed by atoms with E-state index in [9.17, 15) is 9.18 Å². The van der Waals surface area contributed by atoms with Crippen molar-refractivity contribution in [3.05, 3.63) is 33.9 Å². The molecule has 0 aliphatic rings. The van der Waals surface area contributed by atoms with Gasteiger partial charge in [0, 0.05) is 12.5 Å². The molecule has 0 atom stereocenters. The summed E-state index contributed by atoms with van der Waals surface area (Å²) in [6, 6.07) is 5.96. The van der Waals surface area contributed by atoms with Gasteiger partial charge < -0.3 is 4.74 Å². The largest absolute Gasteiger partial charge is 0.405 e. The van der Waals surface area contributed by atoms with Gasteiger partial charge in [-0.05, 0) is 40.2 Å². The zero-order chi connectivity index (χ0) is 12.4. The van der Waals surface area contributed by atoms with Crippen molar-refractivity contribution in [3.63, 3.8) is 0 Å². The summed E-state index contributed by atoms with van der Waals surface area (Å²) in [6.45, 7) is 1.31. The average Bonchev–Trinajstić information content (AvgIpc) is 2.60. The third-order valence-corrected chi connectivity index (χ3v) is 3.59. The fraction of sp³-hybridized carbons (Fsp3) is 0.0909. The van der Waals surface area contributed by atoms with E-state index in [1.807, 2.05) is 0 Å². The molecule has 0 N–H and O–H groups in total. The average molecular weight is 316 g/mol. The molecule has 0 amide bonds. The number of rotatable bonds is 2. The number of aromatic nitrogens is 1. The van der Waals surface area contributed by atoms with Crippen LogP contribution in [-0.2, 0) is 4.79 Å². The molecule has 2 rings (SSSR count). The molecular weight excluding hydrogens is 309 g/mol. The van der Waals surface area contributed by atoms with E-state index in [-0.39, 0.29) is 11.7 Å². The molecule has 2 aromatic rings. The van der Waals surface area contributed by atoms with E-state index < -0.39 is 5.97 Å². The van der Waals surface area contributed by atoms with Crippen LogP contribution in [0.3, 0.4) is 0 Å². The van der Waals surface area contributed by atoms with Crippen molar-refractivity contribution in [2.24, 2.45) is 0 Å². The maximum absolute atomic E-state index is 12.8. The summed E-state index contributed by atoms with van der Waals surface area (Å²) in [4.78, 5) is 15.0. The molecule has 1 aromatic heterocycles. The lowest BCUT2D eigenvalue weighted by Gasteiger charge is -1.96. The number of carbonyl (C=O) groups excluding carboxylic acids is 1. The molecular formula is C11H7BrFNO2S. The zero-order valence-corrected chi connectivity index (χ0v) is 11.1. The Morgan fingerprint density at radius 3 is 2.65 bits per heavy atom. The molecule has 3 nitrogen and oxygen atoms in total. The second-order valence-corrected chi connectivity index (χ2v) is 5.52. The molecule has 0 bridgehead atoms. The van der Waals surface area contributed by atoms with Crippen LogP contribution in [0.25, 0.3) is 10.6 Å². The molecule has 0 aliphatic heterocycles. The number of nitrogens with zero attached hydrogens (tertiary/aromatic N) is 1. The van der Waals surface area contributed by atoms with Gasteiger partial charge in [-0.15, -0.1) is 11.3 Å². The number of carbonyl (C=O) groups is 1. The number of esters is 1. The molecule has 0 saturated heterocycles. The van der Waals surface area contributed by atoms with E-state index in [4.69, 9.17) is 4.74 Å². The molecule has 17 heavy (non-hydrogen) atoms. The highest BCUT2D eigenvalue weighted by molar-refractivity contribution is 9.11. The van der Waals surface area contributed by atoms with Crippen molar-refractivity contribution in [1.29, 1.82) is 0 Å². The van der Waals surface area contributed by atoms with E-state index in [0.29, 0.717) is 8.79 Å². The number of ether oxygens (including phenoxy) is 1. The standard InChI is InChI=1S/C11H7BrFNO2S/c1-6(15)16-10-9(12)17-11(14-10)7-2-4-8(13)5-3-7/h2-5H,1H3. The first kappa shape index (κ1) is 12.2. The zero-order valence-electron chi connectivity index (χ0n) is 8.74. The van der Waals surface area contributed by atoms with Crippen molar-refractivity contribution in [2.75, 3.05) is 0 Å². The summed E-state index contributed by atoms with van der Waals surface area (Å²) in [6.07, 6.45) is 0. The molecule has 0 fully saturated rings. The van der Waals surface area contributed by atoms with Gasteiger partial charge in [-0.2, -0.15) is 0 Å². The fourth-order valence-corrected chi connectivity index (χ4v) is 2.56. The second kappa shape index (κ2) is 4.93. The summed E-state index contributed by atoms with van der Waals surface area (Å²) in [7, 11) is 0. The van der Waals surface area contributed by atoms with Crippen molar-refractivity contribution in [3.8, 4) is 16.5 Å². The summed E-state index contributed by atoms with van der Waals surface area (Å²) in [5.74, 6) is -0.493. The monoisotopic (exact) mass is 315 g/mol. The lowest BCUT2D eigenvalue weighted by Crippen LogP contribution is -2.01. The Labute approximate surface area is 109 Å². The molecule has 0 saturated carbocycles.